The number of nitrogens with one attached hydrogen (secondary N) is 2. The Morgan fingerprint density at radius 2 is 1.52 bits per heavy atom. The molecule has 0 saturated carbocycles. The predicted molar refractivity (Wildman–Crippen MR) is 180 cm³/mol. The summed E-state index contributed by atoms with van der Waals surface area (Å²) in [5.74, 6) is -0.559. The normalized spacial score (nSPS) is 15.9. The topological polar surface area (TPSA) is 135 Å². The molecule has 10 heteroatoms. The third-order valence-corrected chi connectivity index (χ3v) is 9.08. The molecule has 2 N–H and O–H groups in total. The quantitative estimate of drug-likeness (QED) is 0.249. The SMILES string of the molecule is C=CC1=C(C)c2cc3[nH]c(cc4nc(cc5[nH]c(cc1n2)c(C)c5CCC(=O)OC)C(CCC(=O)OC)=C4C)cc3C1CCN=N1. The van der Waals surface area contributed by atoms with Crippen LogP contribution in [0, 0.1) is 6.92 Å². The second kappa shape index (κ2) is 12.7. The highest BCUT2D eigenvalue weighted by molar-refractivity contribution is 5.97. The van der Waals surface area contributed by atoms with Gasteiger partial charge in [0, 0.05) is 46.0 Å². The van der Waals surface area contributed by atoms with Gasteiger partial charge in [0.1, 0.15) is 0 Å². The number of esters is 2. The van der Waals surface area contributed by atoms with E-state index in [1.807, 2.05) is 38.1 Å². The van der Waals surface area contributed by atoms with Gasteiger partial charge < -0.3 is 19.4 Å². The lowest BCUT2D eigenvalue weighted by Gasteiger charge is -2.04. The first-order valence-corrected chi connectivity index (χ1v) is 15.5. The second-order valence-corrected chi connectivity index (χ2v) is 11.8. The molecule has 46 heavy (non-hydrogen) atoms. The molecule has 1 atom stereocenters. The van der Waals surface area contributed by atoms with Crippen molar-refractivity contribution >= 4 is 56.3 Å². The fraction of sp³-hybridized carbons (Fsp3) is 0.333. The number of nitrogens with zero attached hydrogens (tertiary/aromatic N) is 4. The van der Waals surface area contributed by atoms with Crippen LogP contribution in [0.15, 0.2) is 53.2 Å². The van der Waals surface area contributed by atoms with Crippen LogP contribution in [0.4, 0.5) is 0 Å². The molecule has 0 saturated heterocycles. The van der Waals surface area contributed by atoms with Crippen molar-refractivity contribution in [3.63, 3.8) is 0 Å². The number of rotatable bonds is 8. The fourth-order valence-corrected chi connectivity index (χ4v) is 6.39. The average molecular weight is 619 g/mol. The number of hydrogen-bond acceptors (Lipinski definition) is 8. The van der Waals surface area contributed by atoms with Crippen molar-refractivity contribution < 1.29 is 19.1 Å². The molecule has 236 valence electrons. The van der Waals surface area contributed by atoms with Crippen LogP contribution in [0.2, 0.25) is 0 Å². The smallest absolute Gasteiger partial charge is 0.305 e. The summed E-state index contributed by atoms with van der Waals surface area (Å²) in [6, 6.07) is 10.2. The highest BCUT2D eigenvalue weighted by atomic mass is 16.5. The number of methoxy groups -OCH3 is 2. The number of H-pyrrole nitrogens is 2. The van der Waals surface area contributed by atoms with Gasteiger partial charge in [-0.3, -0.25) is 9.59 Å². The van der Waals surface area contributed by atoms with E-state index in [0.29, 0.717) is 19.4 Å². The maximum atomic E-state index is 12.2. The molecule has 0 aliphatic carbocycles. The van der Waals surface area contributed by atoms with E-state index in [1.54, 1.807) is 0 Å². The van der Waals surface area contributed by atoms with Crippen molar-refractivity contribution in [1.82, 2.24) is 19.9 Å². The summed E-state index contributed by atoms with van der Waals surface area (Å²) in [6.07, 6.45) is 4.11. The summed E-state index contributed by atoms with van der Waals surface area (Å²) in [7, 11) is 2.80. The number of hydrogen-bond donors (Lipinski definition) is 2. The van der Waals surface area contributed by atoms with Gasteiger partial charge in [0.2, 0.25) is 0 Å². The molecule has 3 aromatic rings. The molecule has 1 unspecified atom stereocenters. The molecule has 0 aromatic carbocycles. The standard InChI is InChI=1S/C36H38N6O4/c1-7-23-19(2)29-17-34-26(27-12-13-37-42-27)14-22(38-34)15-28-20(3)24(8-10-35(43)45-5)32(39-28)18-33-25(9-11-36(44)46-6)21(4)30(41-33)16-31(23)40-29/h7,14-18,27,38,41H,1,8-13H2,2-6H3. The molecule has 0 amide bonds. The van der Waals surface area contributed by atoms with Crippen molar-refractivity contribution in [2.75, 3.05) is 20.8 Å². The van der Waals surface area contributed by atoms with Gasteiger partial charge in [0.05, 0.1) is 49.6 Å². The first kappa shape index (κ1) is 30.9. The Balaban J connectivity index is 1.68. The number of azo groups is 1. The molecule has 0 radical (unpaired) electrons. The van der Waals surface area contributed by atoms with Crippen LogP contribution in [0.25, 0.3) is 44.4 Å². The van der Waals surface area contributed by atoms with Crippen LogP contribution in [0.1, 0.15) is 85.0 Å². The van der Waals surface area contributed by atoms with Crippen molar-refractivity contribution in [3.8, 4) is 0 Å². The second-order valence-electron chi connectivity index (χ2n) is 11.8. The van der Waals surface area contributed by atoms with Crippen LogP contribution < -0.4 is 0 Å². The van der Waals surface area contributed by atoms with Gasteiger partial charge in [-0.15, -0.1) is 0 Å². The lowest BCUT2D eigenvalue weighted by Crippen LogP contribution is -2.02. The monoisotopic (exact) mass is 618 g/mol. The number of ether oxygens (including phenoxy) is 2. The minimum Gasteiger partial charge on any atom is -0.469 e. The summed E-state index contributed by atoms with van der Waals surface area (Å²) in [6.45, 7) is 10.9. The molecule has 8 bridgehead atoms. The molecule has 3 aromatic heterocycles. The summed E-state index contributed by atoms with van der Waals surface area (Å²) in [5, 5.41) is 8.78. The minimum atomic E-state index is -0.281. The maximum absolute atomic E-state index is 12.2. The van der Waals surface area contributed by atoms with E-state index in [0.717, 1.165) is 90.2 Å². The third-order valence-electron chi connectivity index (χ3n) is 9.08. The fourth-order valence-electron chi connectivity index (χ4n) is 6.39. The minimum absolute atomic E-state index is 0.0387. The Morgan fingerprint density at radius 1 is 0.848 bits per heavy atom. The lowest BCUT2D eigenvalue weighted by molar-refractivity contribution is -0.141. The number of aromatic amines is 2. The number of aryl methyl sites for hydroxylation is 2. The van der Waals surface area contributed by atoms with E-state index in [4.69, 9.17) is 19.4 Å². The lowest BCUT2D eigenvalue weighted by atomic mass is 10.0. The van der Waals surface area contributed by atoms with E-state index >= 15 is 0 Å². The molecular formula is C36H38N6O4. The molecule has 6 heterocycles. The Kier molecular flexibility index (Phi) is 8.53. The molecular weight excluding hydrogens is 580 g/mol. The highest BCUT2D eigenvalue weighted by Gasteiger charge is 2.22. The number of carbonyl (C=O) groups is 2. The molecule has 6 rings (SSSR count). The van der Waals surface area contributed by atoms with E-state index < -0.39 is 0 Å². The number of aromatic nitrogens is 4. The van der Waals surface area contributed by atoms with Gasteiger partial charge in [-0.1, -0.05) is 12.7 Å². The van der Waals surface area contributed by atoms with E-state index in [2.05, 4.69) is 45.8 Å². The first-order chi connectivity index (χ1) is 22.2. The van der Waals surface area contributed by atoms with Gasteiger partial charge in [-0.2, -0.15) is 10.2 Å². The summed E-state index contributed by atoms with van der Waals surface area (Å²) >= 11 is 0. The van der Waals surface area contributed by atoms with Crippen LogP contribution in [-0.4, -0.2) is 52.6 Å². The van der Waals surface area contributed by atoms with Crippen molar-refractivity contribution in [2.24, 2.45) is 10.2 Å². The molecule has 10 nitrogen and oxygen atoms in total. The van der Waals surface area contributed by atoms with E-state index in [-0.39, 0.29) is 30.8 Å². The van der Waals surface area contributed by atoms with E-state index in [9.17, 15) is 9.59 Å². The number of fused-ring (bicyclic) bond motifs is 8. The van der Waals surface area contributed by atoms with Crippen LogP contribution >= 0.6 is 0 Å². The van der Waals surface area contributed by atoms with Gasteiger partial charge in [-0.25, -0.2) is 9.97 Å². The Hall–Kier alpha value is -5.12. The van der Waals surface area contributed by atoms with Gasteiger partial charge >= 0.3 is 11.9 Å². The zero-order valence-electron chi connectivity index (χ0n) is 26.9. The molecule has 0 spiro atoms. The highest BCUT2D eigenvalue weighted by Crippen LogP contribution is 2.37. The van der Waals surface area contributed by atoms with Crippen LogP contribution in [0.5, 0.6) is 0 Å². The van der Waals surface area contributed by atoms with E-state index in [1.165, 1.54) is 14.2 Å². The van der Waals surface area contributed by atoms with Crippen molar-refractivity contribution in [1.29, 1.82) is 0 Å². The molecule has 0 fully saturated rings. The summed E-state index contributed by atoms with van der Waals surface area (Å²) in [4.78, 5) is 41.7. The largest absolute Gasteiger partial charge is 0.469 e. The van der Waals surface area contributed by atoms with Crippen molar-refractivity contribution in [3.05, 3.63) is 82.5 Å². The zero-order chi connectivity index (χ0) is 32.5. The van der Waals surface area contributed by atoms with Crippen molar-refractivity contribution in [2.45, 2.75) is 58.9 Å². The van der Waals surface area contributed by atoms with Gasteiger partial charge in [0.25, 0.3) is 0 Å². The Labute approximate surface area is 267 Å². The molecule has 3 aliphatic heterocycles. The van der Waals surface area contributed by atoms with Crippen LogP contribution in [-0.2, 0) is 25.5 Å². The maximum Gasteiger partial charge on any atom is 0.305 e. The summed E-state index contributed by atoms with van der Waals surface area (Å²) < 4.78 is 9.91. The number of allylic oxidation sites excluding steroid dienone is 5. The average Bonchev–Trinajstić information content (AvgIpc) is 3.86. The van der Waals surface area contributed by atoms with Crippen LogP contribution in [0.3, 0.4) is 0 Å². The van der Waals surface area contributed by atoms with Gasteiger partial charge in [-0.05, 0) is 98.2 Å². The Bertz CT molecular complexity index is 2030. The first-order valence-electron chi connectivity index (χ1n) is 15.5. The number of carbonyl (C=O) groups excluding carboxylic acids is 2. The summed E-state index contributed by atoms with van der Waals surface area (Å²) in [5.41, 5.74) is 13.7. The third kappa shape index (κ3) is 5.82. The van der Waals surface area contributed by atoms with Gasteiger partial charge in [0.15, 0.2) is 0 Å². The zero-order valence-corrected chi connectivity index (χ0v) is 26.9. The predicted octanol–water partition coefficient (Wildman–Crippen LogP) is 7.63. The Morgan fingerprint density at radius 3 is 2.22 bits per heavy atom. The molecule has 3 aliphatic rings.